The lowest BCUT2D eigenvalue weighted by Gasteiger charge is -2.27. The Kier molecular flexibility index (Phi) is 7.18. The SMILES string of the molecule is CC(C)(C)OC(=O)N(CCCNC(=O)c1nccc2ccccc12)Cc1cccnc1. The fourth-order valence-corrected chi connectivity index (χ4v) is 3.13. The molecule has 2 heterocycles. The highest BCUT2D eigenvalue weighted by molar-refractivity contribution is 6.05. The summed E-state index contributed by atoms with van der Waals surface area (Å²) < 4.78 is 5.54. The number of fused-ring (bicyclic) bond motifs is 1. The molecule has 0 spiro atoms. The standard InChI is InChI=1S/C24H28N4O3/c1-24(2,3)31-23(30)28(17-18-8-6-12-25-16-18)15-7-13-27-22(29)21-20-10-5-4-9-19(20)11-14-26-21/h4-6,8-12,14,16H,7,13,15,17H2,1-3H3,(H,27,29). The van der Waals surface area contributed by atoms with Crippen LogP contribution in [0.2, 0.25) is 0 Å². The van der Waals surface area contributed by atoms with Gasteiger partial charge in [0, 0.05) is 37.1 Å². The summed E-state index contributed by atoms with van der Waals surface area (Å²) >= 11 is 0. The smallest absolute Gasteiger partial charge is 0.410 e. The molecule has 0 saturated heterocycles. The molecular formula is C24H28N4O3. The molecular weight excluding hydrogens is 392 g/mol. The Bertz CT molecular complexity index is 1030. The van der Waals surface area contributed by atoms with E-state index in [9.17, 15) is 9.59 Å². The van der Waals surface area contributed by atoms with Crippen LogP contribution >= 0.6 is 0 Å². The summed E-state index contributed by atoms with van der Waals surface area (Å²) in [7, 11) is 0. The number of amides is 2. The largest absolute Gasteiger partial charge is 0.444 e. The van der Waals surface area contributed by atoms with E-state index in [1.54, 1.807) is 23.5 Å². The van der Waals surface area contributed by atoms with Gasteiger partial charge in [0.25, 0.3) is 5.91 Å². The van der Waals surface area contributed by atoms with Gasteiger partial charge in [-0.3, -0.25) is 14.8 Å². The number of nitrogens with one attached hydrogen (secondary N) is 1. The van der Waals surface area contributed by atoms with Crippen molar-refractivity contribution < 1.29 is 14.3 Å². The number of carbonyl (C=O) groups is 2. The average molecular weight is 421 g/mol. The molecule has 0 fully saturated rings. The van der Waals surface area contributed by atoms with E-state index in [1.165, 1.54) is 0 Å². The van der Waals surface area contributed by atoms with Gasteiger partial charge in [0.2, 0.25) is 0 Å². The Balaban J connectivity index is 1.59. The molecule has 3 aromatic rings. The predicted molar refractivity (Wildman–Crippen MR) is 120 cm³/mol. The maximum absolute atomic E-state index is 12.6. The van der Waals surface area contributed by atoms with Gasteiger partial charge in [-0.15, -0.1) is 0 Å². The Labute approximate surface area is 182 Å². The number of nitrogens with zero attached hydrogens (tertiary/aromatic N) is 3. The Morgan fingerprint density at radius 2 is 1.87 bits per heavy atom. The van der Waals surface area contributed by atoms with Crippen molar-refractivity contribution in [1.82, 2.24) is 20.2 Å². The normalized spacial score (nSPS) is 11.2. The van der Waals surface area contributed by atoms with Crippen LogP contribution in [-0.2, 0) is 11.3 Å². The minimum atomic E-state index is -0.585. The maximum atomic E-state index is 12.6. The van der Waals surface area contributed by atoms with E-state index in [0.29, 0.717) is 31.7 Å². The van der Waals surface area contributed by atoms with Gasteiger partial charge in [-0.1, -0.05) is 30.3 Å². The molecule has 0 radical (unpaired) electrons. The third kappa shape index (κ3) is 6.50. The molecule has 1 aromatic carbocycles. The fourth-order valence-electron chi connectivity index (χ4n) is 3.13. The molecule has 0 unspecified atom stereocenters. The van der Waals surface area contributed by atoms with Crippen LogP contribution in [0.15, 0.2) is 61.1 Å². The first kappa shape index (κ1) is 22.2. The number of aromatic nitrogens is 2. The van der Waals surface area contributed by atoms with E-state index >= 15 is 0 Å². The third-order valence-corrected chi connectivity index (χ3v) is 4.53. The number of pyridine rings is 2. The molecule has 0 aliphatic rings. The zero-order valence-electron chi connectivity index (χ0n) is 18.2. The van der Waals surface area contributed by atoms with Gasteiger partial charge in [0.05, 0.1) is 6.54 Å². The fraction of sp³-hybridized carbons (Fsp3) is 0.333. The molecule has 2 aromatic heterocycles. The van der Waals surface area contributed by atoms with E-state index < -0.39 is 11.7 Å². The van der Waals surface area contributed by atoms with E-state index in [4.69, 9.17) is 4.74 Å². The number of rotatable bonds is 7. The molecule has 0 bridgehead atoms. The number of hydrogen-bond acceptors (Lipinski definition) is 5. The molecule has 7 heteroatoms. The highest BCUT2D eigenvalue weighted by Gasteiger charge is 2.22. The molecule has 31 heavy (non-hydrogen) atoms. The molecule has 0 aliphatic carbocycles. The highest BCUT2D eigenvalue weighted by atomic mass is 16.6. The number of carbonyl (C=O) groups excluding carboxylic acids is 2. The van der Waals surface area contributed by atoms with Crippen molar-refractivity contribution in [2.24, 2.45) is 0 Å². The summed E-state index contributed by atoms with van der Waals surface area (Å²) in [6.45, 7) is 6.75. The third-order valence-electron chi connectivity index (χ3n) is 4.53. The average Bonchev–Trinajstić information content (AvgIpc) is 2.74. The van der Waals surface area contributed by atoms with Gasteiger partial charge in [-0.2, -0.15) is 0 Å². The number of ether oxygens (including phenoxy) is 1. The molecule has 2 amide bonds. The van der Waals surface area contributed by atoms with Crippen LogP contribution in [-0.4, -0.2) is 45.6 Å². The summed E-state index contributed by atoms with van der Waals surface area (Å²) in [4.78, 5) is 35.3. The van der Waals surface area contributed by atoms with Gasteiger partial charge in [-0.25, -0.2) is 4.79 Å². The van der Waals surface area contributed by atoms with Crippen molar-refractivity contribution in [1.29, 1.82) is 0 Å². The molecule has 162 valence electrons. The lowest BCUT2D eigenvalue weighted by molar-refractivity contribution is 0.0232. The van der Waals surface area contributed by atoms with Crippen molar-refractivity contribution in [2.45, 2.75) is 39.3 Å². The van der Waals surface area contributed by atoms with Gasteiger partial charge >= 0.3 is 6.09 Å². The topological polar surface area (TPSA) is 84.4 Å². The van der Waals surface area contributed by atoms with Crippen LogP contribution in [0, 0.1) is 0 Å². The minimum absolute atomic E-state index is 0.229. The minimum Gasteiger partial charge on any atom is -0.444 e. The number of hydrogen-bond donors (Lipinski definition) is 1. The van der Waals surface area contributed by atoms with Crippen LogP contribution < -0.4 is 5.32 Å². The summed E-state index contributed by atoms with van der Waals surface area (Å²) in [6.07, 6.45) is 5.24. The maximum Gasteiger partial charge on any atom is 0.410 e. The van der Waals surface area contributed by atoms with Crippen molar-refractivity contribution >= 4 is 22.8 Å². The van der Waals surface area contributed by atoms with Crippen molar-refractivity contribution in [3.8, 4) is 0 Å². The Morgan fingerprint density at radius 3 is 2.61 bits per heavy atom. The first-order chi connectivity index (χ1) is 14.8. The van der Waals surface area contributed by atoms with E-state index in [1.807, 2.05) is 63.2 Å². The highest BCUT2D eigenvalue weighted by Crippen LogP contribution is 2.16. The molecule has 0 aliphatic heterocycles. The molecule has 0 saturated carbocycles. The second kappa shape index (κ2) is 10.0. The van der Waals surface area contributed by atoms with Crippen LogP contribution in [0.25, 0.3) is 10.8 Å². The second-order valence-electron chi connectivity index (χ2n) is 8.25. The quantitative estimate of drug-likeness (QED) is 0.580. The van der Waals surface area contributed by atoms with Crippen LogP contribution in [0.3, 0.4) is 0 Å². The van der Waals surface area contributed by atoms with E-state index in [-0.39, 0.29) is 5.91 Å². The van der Waals surface area contributed by atoms with E-state index in [2.05, 4.69) is 15.3 Å². The van der Waals surface area contributed by atoms with E-state index in [0.717, 1.165) is 16.3 Å². The summed E-state index contributed by atoms with van der Waals surface area (Å²) in [5, 5.41) is 4.69. The zero-order valence-corrected chi connectivity index (χ0v) is 18.2. The lowest BCUT2D eigenvalue weighted by atomic mass is 10.1. The molecule has 3 rings (SSSR count). The van der Waals surface area contributed by atoms with Crippen molar-refractivity contribution in [2.75, 3.05) is 13.1 Å². The summed E-state index contributed by atoms with van der Waals surface area (Å²) in [5.41, 5.74) is 0.730. The summed E-state index contributed by atoms with van der Waals surface area (Å²) in [6, 6.07) is 13.3. The molecule has 1 N–H and O–H groups in total. The lowest BCUT2D eigenvalue weighted by Crippen LogP contribution is -2.38. The Hall–Kier alpha value is -3.48. The molecule has 7 nitrogen and oxygen atoms in total. The first-order valence-corrected chi connectivity index (χ1v) is 10.3. The van der Waals surface area contributed by atoms with Crippen LogP contribution in [0.1, 0.15) is 43.2 Å². The predicted octanol–water partition coefficient (Wildman–Crippen LogP) is 4.19. The molecule has 0 atom stereocenters. The second-order valence-corrected chi connectivity index (χ2v) is 8.25. The Morgan fingerprint density at radius 1 is 1.06 bits per heavy atom. The monoisotopic (exact) mass is 420 g/mol. The van der Waals surface area contributed by atoms with Gasteiger partial charge in [-0.05, 0) is 50.3 Å². The van der Waals surface area contributed by atoms with Crippen molar-refractivity contribution in [3.05, 3.63) is 72.3 Å². The zero-order chi connectivity index (χ0) is 22.3. The van der Waals surface area contributed by atoms with Gasteiger partial charge in [0.1, 0.15) is 11.3 Å². The van der Waals surface area contributed by atoms with Gasteiger partial charge in [0.15, 0.2) is 0 Å². The van der Waals surface area contributed by atoms with Crippen molar-refractivity contribution in [3.63, 3.8) is 0 Å². The number of benzene rings is 1. The van der Waals surface area contributed by atoms with Gasteiger partial charge < -0.3 is 15.0 Å². The first-order valence-electron chi connectivity index (χ1n) is 10.3. The summed E-state index contributed by atoms with van der Waals surface area (Å²) in [5.74, 6) is -0.229. The van der Waals surface area contributed by atoms with Crippen LogP contribution in [0.4, 0.5) is 4.79 Å². The van der Waals surface area contributed by atoms with Crippen LogP contribution in [0.5, 0.6) is 0 Å².